The number of fused-ring (bicyclic) bond motifs is 10. The molecule has 290 valence electrons. The molecular formula is C56H61N. The van der Waals surface area contributed by atoms with Gasteiger partial charge in [-0.25, -0.2) is 0 Å². The SMILES string of the molecule is CC1(C)CCC(C)(C)c2cc(N(c3ccc(-c4ccc5c(c4)-c4ccccc4C54C5CC6CC7CC4C75C6)cc3)c3ccc4c(c3)C(C)(C)CCC4(C)C)ccc21. The smallest absolute Gasteiger partial charge is 0.0464 e. The van der Waals surface area contributed by atoms with Gasteiger partial charge < -0.3 is 4.90 Å². The normalized spacial score (nSPS) is 31.6. The van der Waals surface area contributed by atoms with Gasteiger partial charge in [-0.2, -0.15) is 0 Å². The Labute approximate surface area is 342 Å². The highest BCUT2D eigenvalue weighted by molar-refractivity contribution is 5.87. The van der Waals surface area contributed by atoms with Crippen molar-refractivity contribution in [2.24, 2.45) is 29.1 Å². The molecule has 0 radical (unpaired) electrons. The topological polar surface area (TPSA) is 3.24 Å². The first-order valence-electron chi connectivity index (χ1n) is 22.6. The first-order chi connectivity index (χ1) is 27.1. The lowest BCUT2D eigenvalue weighted by Gasteiger charge is -2.76. The van der Waals surface area contributed by atoms with Crippen LogP contribution in [-0.4, -0.2) is 0 Å². The molecule has 0 aliphatic heterocycles. The zero-order valence-electron chi connectivity index (χ0n) is 35.7. The van der Waals surface area contributed by atoms with Crippen molar-refractivity contribution in [2.75, 3.05) is 4.90 Å². The van der Waals surface area contributed by atoms with Gasteiger partial charge in [0.05, 0.1) is 0 Å². The summed E-state index contributed by atoms with van der Waals surface area (Å²) in [6.07, 6.45) is 10.8. The van der Waals surface area contributed by atoms with Crippen LogP contribution in [0.15, 0.2) is 103 Å². The van der Waals surface area contributed by atoms with Gasteiger partial charge in [-0.1, -0.05) is 116 Å². The van der Waals surface area contributed by atoms with E-state index in [2.05, 4.69) is 163 Å². The second-order valence-corrected chi connectivity index (χ2v) is 22.7. The van der Waals surface area contributed by atoms with E-state index >= 15 is 0 Å². The van der Waals surface area contributed by atoms with Crippen molar-refractivity contribution < 1.29 is 0 Å². The van der Waals surface area contributed by atoms with E-state index in [4.69, 9.17) is 0 Å². The summed E-state index contributed by atoms with van der Waals surface area (Å²) >= 11 is 0. The van der Waals surface area contributed by atoms with Crippen LogP contribution in [0.4, 0.5) is 17.1 Å². The highest BCUT2D eigenvalue weighted by Crippen LogP contribution is 2.89. The third-order valence-electron chi connectivity index (χ3n) is 18.3. The minimum absolute atomic E-state index is 0.140. The number of nitrogens with zero attached hydrogens (tertiary/aromatic N) is 1. The van der Waals surface area contributed by atoms with Crippen LogP contribution < -0.4 is 4.90 Å². The van der Waals surface area contributed by atoms with Gasteiger partial charge in [-0.05, 0) is 200 Å². The summed E-state index contributed by atoms with van der Waals surface area (Å²) in [5.74, 6) is 3.71. The third kappa shape index (κ3) is 4.32. The Morgan fingerprint density at radius 2 is 0.947 bits per heavy atom. The molecule has 0 aromatic heterocycles. The van der Waals surface area contributed by atoms with Gasteiger partial charge in [0.25, 0.3) is 0 Å². The van der Waals surface area contributed by atoms with Crippen molar-refractivity contribution in [1.29, 1.82) is 0 Å². The van der Waals surface area contributed by atoms with Crippen LogP contribution in [0.2, 0.25) is 0 Å². The highest BCUT2D eigenvalue weighted by atomic mass is 15.1. The third-order valence-corrected chi connectivity index (χ3v) is 18.3. The van der Waals surface area contributed by atoms with Crippen molar-refractivity contribution in [2.45, 2.75) is 134 Å². The lowest BCUT2D eigenvalue weighted by Crippen LogP contribution is -2.73. The quantitative estimate of drug-likeness (QED) is 0.177. The minimum Gasteiger partial charge on any atom is -0.310 e. The van der Waals surface area contributed by atoms with E-state index in [9.17, 15) is 0 Å². The van der Waals surface area contributed by atoms with Crippen LogP contribution in [0.5, 0.6) is 0 Å². The van der Waals surface area contributed by atoms with Crippen molar-refractivity contribution >= 4 is 17.1 Å². The van der Waals surface area contributed by atoms with E-state index in [0.29, 0.717) is 5.41 Å². The van der Waals surface area contributed by atoms with Gasteiger partial charge in [-0.3, -0.25) is 0 Å². The Morgan fingerprint density at radius 1 is 0.439 bits per heavy atom. The van der Waals surface area contributed by atoms with Gasteiger partial charge in [0.15, 0.2) is 0 Å². The van der Waals surface area contributed by atoms with Crippen molar-refractivity contribution in [3.05, 3.63) is 137 Å². The van der Waals surface area contributed by atoms with Gasteiger partial charge in [0.1, 0.15) is 0 Å². The Bertz CT molecular complexity index is 2450. The highest BCUT2D eigenvalue weighted by Gasteiger charge is 2.84. The van der Waals surface area contributed by atoms with Gasteiger partial charge >= 0.3 is 0 Å². The van der Waals surface area contributed by atoms with Crippen LogP contribution in [-0.2, 0) is 27.1 Å². The summed E-state index contributed by atoms with van der Waals surface area (Å²) in [5.41, 5.74) is 20.3. The molecule has 0 saturated heterocycles. The Balaban J connectivity index is 0.961. The minimum atomic E-state index is 0.140. The van der Waals surface area contributed by atoms with E-state index < -0.39 is 0 Å². The molecule has 7 aliphatic carbocycles. The molecule has 2 spiro atoms. The maximum atomic E-state index is 2.57. The summed E-state index contributed by atoms with van der Waals surface area (Å²) in [7, 11) is 0. The molecule has 57 heavy (non-hydrogen) atoms. The lowest BCUT2D eigenvalue weighted by molar-refractivity contribution is -0.231. The van der Waals surface area contributed by atoms with Crippen LogP contribution in [0.3, 0.4) is 0 Å². The molecule has 4 saturated carbocycles. The molecule has 1 nitrogen and oxygen atoms in total. The number of rotatable bonds is 4. The number of benzene rings is 5. The number of hydrogen-bond acceptors (Lipinski definition) is 1. The molecule has 5 aromatic carbocycles. The van der Waals surface area contributed by atoms with E-state index in [-0.39, 0.29) is 27.1 Å². The standard InChI is InChI=1S/C56H61N/c1-51(2)23-25-53(5,6)47-31-39(18-21-45(47)51)57(40-19-22-46-48(32-40)54(7,8)26-24-52(46,3)4)38-16-13-35(14-17-38)36-15-20-44-42(29-36)41-11-9-10-12-43(41)56(44)49-28-34-27-37-30-50(56)55(37,49)33-34/h9-22,29,31-32,34,37,49-50H,23-28,30,33H2,1-8H3. The predicted octanol–water partition coefficient (Wildman–Crippen LogP) is 14.9. The first-order valence-corrected chi connectivity index (χ1v) is 22.6. The van der Waals surface area contributed by atoms with Crippen LogP contribution in [0.1, 0.15) is 140 Å². The maximum Gasteiger partial charge on any atom is 0.0464 e. The maximum absolute atomic E-state index is 2.57. The molecule has 0 heterocycles. The molecular weight excluding hydrogens is 687 g/mol. The zero-order valence-corrected chi connectivity index (χ0v) is 35.7. The number of hydrogen-bond donors (Lipinski definition) is 0. The van der Waals surface area contributed by atoms with Gasteiger partial charge in [-0.15, -0.1) is 0 Å². The summed E-state index contributed by atoms with van der Waals surface area (Å²) in [4.78, 5) is 2.55. The van der Waals surface area contributed by atoms with Crippen LogP contribution in [0, 0.1) is 29.1 Å². The van der Waals surface area contributed by atoms with Crippen molar-refractivity contribution in [3.8, 4) is 22.3 Å². The van der Waals surface area contributed by atoms with E-state index in [1.165, 1.54) is 113 Å². The summed E-state index contributed by atoms with van der Waals surface area (Å²) in [6, 6.07) is 41.5. The van der Waals surface area contributed by atoms with Crippen molar-refractivity contribution in [3.63, 3.8) is 0 Å². The molecule has 0 amide bonds. The average Bonchev–Trinajstić information content (AvgIpc) is 3.83. The molecule has 1 heteroatoms. The fourth-order valence-electron chi connectivity index (χ4n) is 15.2. The average molecular weight is 748 g/mol. The van der Waals surface area contributed by atoms with Crippen LogP contribution in [0.25, 0.3) is 22.3 Å². The Morgan fingerprint density at radius 3 is 1.56 bits per heavy atom. The van der Waals surface area contributed by atoms with E-state index in [1.807, 2.05) is 0 Å². The molecule has 7 aliphatic rings. The molecule has 5 aromatic rings. The summed E-state index contributed by atoms with van der Waals surface area (Å²) in [5, 5.41) is 0. The monoisotopic (exact) mass is 747 g/mol. The lowest BCUT2D eigenvalue weighted by atomic mass is 9.27. The molecule has 6 atom stereocenters. The van der Waals surface area contributed by atoms with E-state index in [1.54, 1.807) is 11.1 Å². The van der Waals surface area contributed by atoms with Gasteiger partial charge in [0, 0.05) is 22.5 Å². The summed E-state index contributed by atoms with van der Waals surface area (Å²) < 4.78 is 0. The van der Waals surface area contributed by atoms with E-state index in [0.717, 1.165) is 23.7 Å². The van der Waals surface area contributed by atoms with Gasteiger partial charge in [0.2, 0.25) is 0 Å². The predicted molar refractivity (Wildman–Crippen MR) is 238 cm³/mol. The number of anilines is 3. The molecule has 2 bridgehead atoms. The second-order valence-electron chi connectivity index (χ2n) is 22.7. The molecule has 6 unspecified atom stereocenters. The Hall–Kier alpha value is -4.10. The fourth-order valence-corrected chi connectivity index (χ4v) is 15.2. The molecule has 4 fully saturated rings. The Kier molecular flexibility index (Phi) is 6.69. The van der Waals surface area contributed by atoms with Crippen molar-refractivity contribution in [1.82, 2.24) is 0 Å². The zero-order chi connectivity index (χ0) is 39.1. The van der Waals surface area contributed by atoms with Crippen LogP contribution >= 0.6 is 0 Å². The molecule has 0 N–H and O–H groups in total. The molecule has 12 rings (SSSR count). The summed E-state index contributed by atoms with van der Waals surface area (Å²) in [6.45, 7) is 19.6. The fraction of sp³-hybridized carbons (Fsp3) is 0.464. The largest absolute Gasteiger partial charge is 0.310 e. The first kappa shape index (κ1) is 34.9. The second kappa shape index (κ2) is 10.9.